The van der Waals surface area contributed by atoms with Crippen LogP contribution in [0, 0.1) is 5.41 Å². The van der Waals surface area contributed by atoms with Crippen LogP contribution in [0.5, 0.6) is 0 Å². The van der Waals surface area contributed by atoms with Crippen molar-refractivity contribution in [1.82, 2.24) is 14.8 Å². The number of piperidine rings is 2. The van der Waals surface area contributed by atoms with E-state index in [0.29, 0.717) is 13.0 Å². The summed E-state index contributed by atoms with van der Waals surface area (Å²) in [6, 6.07) is 8.25. The summed E-state index contributed by atoms with van der Waals surface area (Å²) < 4.78 is 6.01. The van der Waals surface area contributed by atoms with Crippen molar-refractivity contribution in [1.29, 1.82) is 0 Å². The minimum Gasteiger partial charge on any atom is -0.465 e. The second-order valence-corrected chi connectivity index (χ2v) is 8.54. The molecule has 0 aromatic carbocycles. The quantitative estimate of drug-likeness (QED) is 0.758. The SMILES string of the molecule is CCCc1ccc(CN2CCC[C@]3(CCC(=O)N(Cc4cccnc4)C3)C2)o1. The molecule has 0 bridgehead atoms. The zero-order valence-corrected chi connectivity index (χ0v) is 16.9. The third-order valence-electron chi connectivity index (χ3n) is 6.18. The lowest BCUT2D eigenvalue weighted by molar-refractivity contribution is -0.140. The van der Waals surface area contributed by atoms with E-state index < -0.39 is 0 Å². The molecule has 2 fully saturated rings. The average molecular weight is 382 g/mol. The number of likely N-dealkylation sites (tertiary alicyclic amines) is 2. The molecule has 1 amide bonds. The van der Waals surface area contributed by atoms with Crippen LogP contribution < -0.4 is 0 Å². The predicted octanol–water partition coefficient (Wildman–Crippen LogP) is 4.03. The highest BCUT2D eigenvalue weighted by molar-refractivity contribution is 5.77. The molecule has 0 radical (unpaired) electrons. The molecule has 2 aromatic rings. The smallest absolute Gasteiger partial charge is 0.222 e. The fourth-order valence-corrected chi connectivity index (χ4v) is 4.85. The van der Waals surface area contributed by atoms with Crippen LogP contribution in [-0.2, 0) is 24.3 Å². The lowest BCUT2D eigenvalue weighted by atomic mass is 9.73. The highest BCUT2D eigenvalue weighted by Gasteiger charge is 2.41. The molecular formula is C23H31N3O2. The van der Waals surface area contributed by atoms with Crippen molar-refractivity contribution in [2.24, 2.45) is 5.41 Å². The van der Waals surface area contributed by atoms with E-state index in [1.807, 2.05) is 12.3 Å². The first kappa shape index (κ1) is 19.2. The number of pyridine rings is 1. The number of amides is 1. The highest BCUT2D eigenvalue weighted by Crippen LogP contribution is 2.39. The van der Waals surface area contributed by atoms with Gasteiger partial charge in [0, 0.05) is 50.3 Å². The maximum Gasteiger partial charge on any atom is 0.222 e. The van der Waals surface area contributed by atoms with Gasteiger partial charge in [-0.1, -0.05) is 13.0 Å². The molecule has 2 saturated heterocycles. The Balaban J connectivity index is 1.40. The first-order valence-corrected chi connectivity index (χ1v) is 10.6. The van der Waals surface area contributed by atoms with Gasteiger partial charge in [-0.2, -0.15) is 0 Å². The summed E-state index contributed by atoms with van der Waals surface area (Å²) in [6.07, 6.45) is 9.84. The van der Waals surface area contributed by atoms with Crippen LogP contribution in [0.4, 0.5) is 0 Å². The summed E-state index contributed by atoms with van der Waals surface area (Å²) in [4.78, 5) is 21.3. The van der Waals surface area contributed by atoms with Crippen LogP contribution in [0.15, 0.2) is 41.1 Å². The van der Waals surface area contributed by atoms with Crippen LogP contribution in [0.2, 0.25) is 0 Å². The van der Waals surface area contributed by atoms with Crippen molar-refractivity contribution in [3.05, 3.63) is 53.7 Å². The molecule has 2 aromatic heterocycles. The Kier molecular flexibility index (Phi) is 5.81. The lowest BCUT2D eigenvalue weighted by Crippen LogP contribution is -2.53. The van der Waals surface area contributed by atoms with Crippen molar-refractivity contribution in [3.63, 3.8) is 0 Å². The summed E-state index contributed by atoms with van der Waals surface area (Å²) in [5.74, 6) is 2.44. The average Bonchev–Trinajstić information content (AvgIpc) is 3.13. The van der Waals surface area contributed by atoms with E-state index in [4.69, 9.17) is 4.42 Å². The summed E-state index contributed by atoms with van der Waals surface area (Å²) in [7, 11) is 0. The van der Waals surface area contributed by atoms with Crippen molar-refractivity contribution in [2.75, 3.05) is 19.6 Å². The molecule has 1 spiro atoms. The Morgan fingerprint density at radius 1 is 1.14 bits per heavy atom. The molecule has 2 aliphatic rings. The van der Waals surface area contributed by atoms with Gasteiger partial charge >= 0.3 is 0 Å². The molecule has 0 saturated carbocycles. The predicted molar refractivity (Wildman–Crippen MR) is 109 cm³/mol. The van der Waals surface area contributed by atoms with Crippen molar-refractivity contribution in [3.8, 4) is 0 Å². The molecule has 28 heavy (non-hydrogen) atoms. The number of aryl methyl sites for hydroxylation is 1. The van der Waals surface area contributed by atoms with Gasteiger partial charge in [0.1, 0.15) is 11.5 Å². The van der Waals surface area contributed by atoms with Crippen molar-refractivity contribution in [2.45, 2.75) is 58.5 Å². The number of carbonyl (C=O) groups excluding carboxylic acids is 1. The van der Waals surface area contributed by atoms with Gasteiger partial charge in [0.15, 0.2) is 0 Å². The molecule has 5 nitrogen and oxygen atoms in total. The number of hydrogen-bond donors (Lipinski definition) is 0. The summed E-state index contributed by atoms with van der Waals surface area (Å²) in [5.41, 5.74) is 1.33. The van der Waals surface area contributed by atoms with E-state index in [2.05, 4.69) is 39.9 Å². The second kappa shape index (κ2) is 8.48. The zero-order valence-electron chi connectivity index (χ0n) is 16.9. The number of hydrogen-bond acceptors (Lipinski definition) is 4. The third-order valence-corrected chi connectivity index (χ3v) is 6.18. The summed E-state index contributed by atoms with van der Waals surface area (Å²) >= 11 is 0. The van der Waals surface area contributed by atoms with E-state index >= 15 is 0 Å². The second-order valence-electron chi connectivity index (χ2n) is 8.54. The summed E-state index contributed by atoms with van der Waals surface area (Å²) in [6.45, 7) is 6.75. The molecule has 1 atom stereocenters. The van der Waals surface area contributed by atoms with E-state index in [0.717, 1.165) is 62.5 Å². The Bertz CT molecular complexity index is 788. The molecule has 2 aliphatic heterocycles. The molecule has 0 unspecified atom stereocenters. The maximum atomic E-state index is 12.5. The Hall–Kier alpha value is -2.14. The summed E-state index contributed by atoms with van der Waals surface area (Å²) in [5, 5.41) is 0. The van der Waals surface area contributed by atoms with E-state index in [1.54, 1.807) is 6.20 Å². The Labute approximate surface area is 167 Å². The molecule has 0 N–H and O–H groups in total. The van der Waals surface area contributed by atoms with E-state index in [1.165, 1.54) is 12.8 Å². The fraction of sp³-hybridized carbons (Fsp3) is 0.565. The van der Waals surface area contributed by atoms with Crippen LogP contribution in [-0.4, -0.2) is 40.3 Å². The molecule has 4 heterocycles. The van der Waals surface area contributed by atoms with E-state index in [9.17, 15) is 4.79 Å². The Morgan fingerprint density at radius 2 is 2.04 bits per heavy atom. The number of furan rings is 1. The van der Waals surface area contributed by atoms with Gasteiger partial charge in [-0.3, -0.25) is 14.7 Å². The zero-order chi connectivity index (χ0) is 19.4. The minimum atomic E-state index is 0.215. The molecule has 0 aliphatic carbocycles. The third kappa shape index (κ3) is 4.46. The van der Waals surface area contributed by atoms with Crippen molar-refractivity contribution < 1.29 is 9.21 Å². The monoisotopic (exact) mass is 381 g/mol. The van der Waals surface area contributed by atoms with Gasteiger partial charge in [-0.05, 0) is 56.0 Å². The van der Waals surface area contributed by atoms with Gasteiger partial charge in [0.05, 0.1) is 6.54 Å². The first-order valence-electron chi connectivity index (χ1n) is 10.6. The molecular weight excluding hydrogens is 350 g/mol. The topological polar surface area (TPSA) is 49.6 Å². The number of carbonyl (C=O) groups is 1. The standard InChI is InChI=1S/C23H31N3O2/c1-2-5-20-7-8-21(28-20)16-25-13-4-10-23(17-25)11-9-22(27)26(18-23)15-19-6-3-12-24-14-19/h3,6-8,12,14H,2,4-5,9-11,13,15-18H2,1H3/t23-/m0/s1. The van der Waals surface area contributed by atoms with Gasteiger partial charge < -0.3 is 9.32 Å². The van der Waals surface area contributed by atoms with Crippen LogP contribution in [0.1, 0.15) is 56.1 Å². The fourth-order valence-electron chi connectivity index (χ4n) is 4.85. The van der Waals surface area contributed by atoms with E-state index in [-0.39, 0.29) is 11.3 Å². The molecule has 150 valence electrons. The van der Waals surface area contributed by atoms with Gasteiger partial charge in [0.2, 0.25) is 5.91 Å². The van der Waals surface area contributed by atoms with Gasteiger partial charge in [-0.25, -0.2) is 0 Å². The molecule has 4 rings (SSSR count). The lowest BCUT2D eigenvalue weighted by Gasteiger charge is -2.48. The Morgan fingerprint density at radius 3 is 2.86 bits per heavy atom. The number of aromatic nitrogens is 1. The normalized spacial score (nSPS) is 23.5. The highest BCUT2D eigenvalue weighted by atomic mass is 16.3. The maximum absolute atomic E-state index is 12.5. The van der Waals surface area contributed by atoms with Gasteiger partial charge in [0.25, 0.3) is 0 Å². The minimum absolute atomic E-state index is 0.215. The number of rotatable bonds is 6. The van der Waals surface area contributed by atoms with Crippen molar-refractivity contribution >= 4 is 5.91 Å². The van der Waals surface area contributed by atoms with Crippen LogP contribution >= 0.6 is 0 Å². The largest absolute Gasteiger partial charge is 0.465 e. The van der Waals surface area contributed by atoms with Crippen LogP contribution in [0.3, 0.4) is 0 Å². The first-order chi connectivity index (χ1) is 13.7. The number of nitrogens with zero attached hydrogens (tertiary/aromatic N) is 3. The van der Waals surface area contributed by atoms with Gasteiger partial charge in [-0.15, -0.1) is 0 Å². The molecule has 5 heteroatoms. The van der Waals surface area contributed by atoms with Crippen LogP contribution in [0.25, 0.3) is 0 Å².